The smallest absolute Gasteiger partial charge is 0.335 e. The third-order valence-corrected chi connectivity index (χ3v) is 8.27. The van der Waals surface area contributed by atoms with Crippen LogP contribution in [-0.2, 0) is 25.7 Å². The van der Waals surface area contributed by atoms with Crippen molar-refractivity contribution in [1.29, 1.82) is 0 Å². The highest BCUT2D eigenvalue weighted by atomic mass is 16.5. The van der Waals surface area contributed by atoms with Crippen LogP contribution in [0.15, 0.2) is 60.7 Å². The number of para-hydroxylation sites is 2. The summed E-state index contributed by atoms with van der Waals surface area (Å²) in [7, 11) is 0. The summed E-state index contributed by atoms with van der Waals surface area (Å²) < 4.78 is 26.1. The molecule has 0 aliphatic heterocycles. The Labute approximate surface area is 295 Å². The van der Waals surface area contributed by atoms with Crippen LogP contribution in [0, 0.1) is 0 Å². The third-order valence-electron chi connectivity index (χ3n) is 8.27. The van der Waals surface area contributed by atoms with Gasteiger partial charge in [-0.1, -0.05) is 36.4 Å². The molecule has 0 amide bonds. The third kappa shape index (κ3) is 8.41. The van der Waals surface area contributed by atoms with Crippen molar-refractivity contribution < 1.29 is 38.7 Å². The zero-order chi connectivity index (χ0) is 36.3. The molecule has 2 N–H and O–H groups in total. The summed E-state index contributed by atoms with van der Waals surface area (Å²) in [6, 6.07) is 18.6. The highest BCUT2D eigenvalue weighted by Gasteiger charge is 2.25. The summed E-state index contributed by atoms with van der Waals surface area (Å²) in [5, 5.41) is 20.5. The van der Waals surface area contributed by atoms with Crippen LogP contribution in [0.2, 0.25) is 0 Å². The second-order valence-electron chi connectivity index (χ2n) is 14.0. The molecule has 0 aromatic heterocycles. The van der Waals surface area contributed by atoms with Gasteiger partial charge < -0.3 is 29.2 Å². The standard InChI is InChI=1S/C42H48O8/c1-23(2)47-37-27-11-9-12-28(37)16-32-20-36(42(45)46)22-34(40(32)50-26(7)8)18-30-14-10-13-29(38(30)48-24(3)4)17-33-21-35(41(43)44)19-31(15-27)39(33)49-25(5)6/h9-14,19-26H,15-18H2,1-8H3,(H,43,44)(H,45,46). The van der Waals surface area contributed by atoms with E-state index in [0.717, 1.165) is 44.5 Å². The van der Waals surface area contributed by atoms with Crippen molar-refractivity contribution in [3.05, 3.63) is 116 Å². The maximum Gasteiger partial charge on any atom is 0.335 e. The normalized spacial score (nSPS) is 12.7. The summed E-state index contributed by atoms with van der Waals surface area (Å²) >= 11 is 0. The molecule has 0 saturated carbocycles. The van der Waals surface area contributed by atoms with E-state index in [1.54, 1.807) is 24.3 Å². The fourth-order valence-electron chi connectivity index (χ4n) is 6.48. The lowest BCUT2D eigenvalue weighted by Crippen LogP contribution is -2.16. The molecule has 4 aromatic rings. The molecule has 5 rings (SSSR count). The molecule has 1 aliphatic carbocycles. The van der Waals surface area contributed by atoms with Gasteiger partial charge >= 0.3 is 11.9 Å². The number of fused-ring (bicyclic) bond motifs is 8. The average Bonchev–Trinajstić information content (AvgIpc) is 3.01. The number of aromatic carboxylic acids is 2. The molecule has 0 radical (unpaired) electrons. The molecule has 0 atom stereocenters. The number of carbonyl (C=O) groups is 2. The molecule has 0 spiro atoms. The molecule has 0 heterocycles. The summed E-state index contributed by atoms with van der Waals surface area (Å²) in [5.74, 6) is 0.572. The van der Waals surface area contributed by atoms with Crippen LogP contribution < -0.4 is 18.9 Å². The molecule has 0 saturated heterocycles. The maximum atomic E-state index is 12.5. The maximum absolute atomic E-state index is 12.5. The number of carboxylic acids is 2. The van der Waals surface area contributed by atoms with Crippen LogP contribution in [-0.4, -0.2) is 46.6 Å². The van der Waals surface area contributed by atoms with E-state index in [-0.39, 0.29) is 35.5 Å². The predicted molar refractivity (Wildman–Crippen MR) is 194 cm³/mol. The Kier molecular flexibility index (Phi) is 11.1. The van der Waals surface area contributed by atoms with Crippen LogP contribution in [0.3, 0.4) is 0 Å². The second kappa shape index (κ2) is 15.3. The molecule has 4 aromatic carbocycles. The van der Waals surface area contributed by atoms with Gasteiger partial charge in [0.05, 0.1) is 35.5 Å². The van der Waals surface area contributed by atoms with Gasteiger partial charge in [0, 0.05) is 25.7 Å². The van der Waals surface area contributed by atoms with Crippen molar-refractivity contribution in [2.24, 2.45) is 0 Å². The van der Waals surface area contributed by atoms with E-state index in [0.29, 0.717) is 48.7 Å². The lowest BCUT2D eigenvalue weighted by Gasteiger charge is -2.25. The van der Waals surface area contributed by atoms with E-state index in [2.05, 4.69) is 0 Å². The first-order chi connectivity index (χ1) is 23.7. The van der Waals surface area contributed by atoms with E-state index in [1.807, 2.05) is 91.8 Å². The summed E-state index contributed by atoms with van der Waals surface area (Å²) in [4.78, 5) is 25.1. The monoisotopic (exact) mass is 680 g/mol. The molecule has 8 nitrogen and oxygen atoms in total. The van der Waals surface area contributed by atoms with Crippen molar-refractivity contribution >= 4 is 11.9 Å². The molecular formula is C42H48O8. The average molecular weight is 681 g/mol. The highest BCUT2D eigenvalue weighted by molar-refractivity contribution is 5.89. The first-order valence-corrected chi connectivity index (χ1v) is 17.4. The molecule has 264 valence electrons. The zero-order valence-electron chi connectivity index (χ0n) is 30.3. The van der Waals surface area contributed by atoms with E-state index in [4.69, 9.17) is 18.9 Å². The van der Waals surface area contributed by atoms with Gasteiger partial charge in [-0.25, -0.2) is 9.59 Å². The Morgan fingerprint density at radius 2 is 0.660 bits per heavy atom. The Hall–Kier alpha value is -4.98. The zero-order valence-corrected chi connectivity index (χ0v) is 30.3. The number of hydrogen-bond donors (Lipinski definition) is 2. The fourth-order valence-corrected chi connectivity index (χ4v) is 6.48. The van der Waals surface area contributed by atoms with Crippen LogP contribution in [0.5, 0.6) is 23.0 Å². The molecule has 1 aliphatic rings. The Morgan fingerprint density at radius 1 is 0.440 bits per heavy atom. The largest absolute Gasteiger partial charge is 0.490 e. The van der Waals surface area contributed by atoms with Crippen LogP contribution in [0.25, 0.3) is 0 Å². The summed E-state index contributed by atoms with van der Waals surface area (Å²) in [5.41, 5.74) is 6.69. The van der Waals surface area contributed by atoms with Gasteiger partial charge in [-0.3, -0.25) is 0 Å². The molecule has 0 fully saturated rings. The van der Waals surface area contributed by atoms with E-state index >= 15 is 0 Å². The Balaban J connectivity index is 1.89. The molecule has 50 heavy (non-hydrogen) atoms. The van der Waals surface area contributed by atoms with Gasteiger partial charge in [-0.15, -0.1) is 0 Å². The van der Waals surface area contributed by atoms with Crippen LogP contribution in [0.4, 0.5) is 0 Å². The van der Waals surface area contributed by atoms with Crippen molar-refractivity contribution in [2.75, 3.05) is 0 Å². The second-order valence-corrected chi connectivity index (χ2v) is 14.0. The molecule has 8 bridgehead atoms. The van der Waals surface area contributed by atoms with Gasteiger partial charge in [-0.05, 0) is 124 Å². The predicted octanol–water partition coefficient (Wildman–Crippen LogP) is 8.91. The number of carboxylic acid groups (broad SMARTS) is 2. The van der Waals surface area contributed by atoms with E-state index < -0.39 is 11.9 Å². The van der Waals surface area contributed by atoms with Crippen molar-refractivity contribution in [3.63, 3.8) is 0 Å². The van der Waals surface area contributed by atoms with Gasteiger partial charge in [0.1, 0.15) is 23.0 Å². The van der Waals surface area contributed by atoms with Crippen molar-refractivity contribution in [2.45, 2.75) is 105 Å². The first kappa shape index (κ1) is 36.3. The van der Waals surface area contributed by atoms with E-state index in [1.165, 1.54) is 0 Å². The highest BCUT2D eigenvalue weighted by Crippen LogP contribution is 2.40. The number of hydrogen-bond acceptors (Lipinski definition) is 6. The summed E-state index contributed by atoms with van der Waals surface area (Å²) in [6.07, 6.45) is 0.714. The Bertz CT molecular complexity index is 1660. The fraction of sp³-hybridized carbons (Fsp3) is 0.381. The van der Waals surface area contributed by atoms with Gasteiger partial charge in [0.2, 0.25) is 0 Å². The lowest BCUT2D eigenvalue weighted by molar-refractivity contribution is 0.0685. The van der Waals surface area contributed by atoms with Crippen molar-refractivity contribution in [1.82, 2.24) is 0 Å². The first-order valence-electron chi connectivity index (χ1n) is 17.4. The lowest BCUT2D eigenvalue weighted by atomic mass is 9.89. The van der Waals surface area contributed by atoms with Crippen LogP contribution >= 0.6 is 0 Å². The molecule has 0 unspecified atom stereocenters. The number of ether oxygens (including phenoxy) is 4. The summed E-state index contributed by atoms with van der Waals surface area (Å²) in [6.45, 7) is 15.7. The molecular weight excluding hydrogens is 632 g/mol. The SMILES string of the molecule is CC(C)Oc1c2cccc1Cc1cc(C(=O)O)cc(c1OC(C)C)Cc1cccc(c1OC(C)C)Cc1cc(C(=O)O)cc(c1OC(C)C)C2. The van der Waals surface area contributed by atoms with Crippen molar-refractivity contribution in [3.8, 4) is 23.0 Å². The quantitative estimate of drug-likeness (QED) is 0.150. The van der Waals surface area contributed by atoms with Gasteiger partial charge in [0.15, 0.2) is 0 Å². The number of benzene rings is 4. The van der Waals surface area contributed by atoms with Crippen LogP contribution in [0.1, 0.15) is 121 Å². The molecule has 8 heteroatoms. The minimum atomic E-state index is -1.02. The van der Waals surface area contributed by atoms with E-state index in [9.17, 15) is 19.8 Å². The number of rotatable bonds is 10. The topological polar surface area (TPSA) is 112 Å². The van der Waals surface area contributed by atoms with Gasteiger partial charge in [-0.2, -0.15) is 0 Å². The minimum absolute atomic E-state index is 0.162. The van der Waals surface area contributed by atoms with Gasteiger partial charge in [0.25, 0.3) is 0 Å². The Morgan fingerprint density at radius 3 is 0.860 bits per heavy atom. The minimum Gasteiger partial charge on any atom is -0.490 e.